The molecule has 118 valence electrons. The molecule has 0 aliphatic carbocycles. The van der Waals surface area contributed by atoms with Crippen LogP contribution in [0.2, 0.25) is 0 Å². The minimum Gasteiger partial charge on any atom is -0.383 e. The van der Waals surface area contributed by atoms with Gasteiger partial charge in [-0.05, 0) is 37.1 Å². The Balaban J connectivity index is 0.00000220. The van der Waals surface area contributed by atoms with Crippen LogP contribution in [0.1, 0.15) is 18.4 Å². The average Bonchev–Trinajstić information content (AvgIpc) is 2.86. The largest absolute Gasteiger partial charge is 0.383 e. The molecule has 0 saturated carbocycles. The van der Waals surface area contributed by atoms with Crippen LogP contribution in [0.25, 0.3) is 0 Å². The lowest BCUT2D eigenvalue weighted by molar-refractivity contribution is -0.120. The molecule has 4 nitrogen and oxygen atoms in total. The highest BCUT2D eigenvalue weighted by Gasteiger charge is 2.33. The van der Waals surface area contributed by atoms with Crippen molar-refractivity contribution in [3.05, 3.63) is 34.3 Å². The SMILES string of the molecule is COCC1(CNC(=O)Cc2cccc(Br)c2)CCCN1.Cl. The van der Waals surface area contributed by atoms with E-state index < -0.39 is 0 Å². The molecule has 2 N–H and O–H groups in total. The molecule has 1 atom stereocenters. The molecule has 21 heavy (non-hydrogen) atoms. The molecule has 1 unspecified atom stereocenters. The van der Waals surface area contributed by atoms with Crippen LogP contribution < -0.4 is 10.6 Å². The Bertz CT molecular complexity index is 465. The van der Waals surface area contributed by atoms with Gasteiger partial charge in [-0.25, -0.2) is 0 Å². The van der Waals surface area contributed by atoms with E-state index >= 15 is 0 Å². The van der Waals surface area contributed by atoms with E-state index in [4.69, 9.17) is 4.74 Å². The van der Waals surface area contributed by atoms with Crippen molar-refractivity contribution in [1.29, 1.82) is 0 Å². The van der Waals surface area contributed by atoms with E-state index in [2.05, 4.69) is 26.6 Å². The Hall–Kier alpha value is -0.620. The summed E-state index contributed by atoms with van der Waals surface area (Å²) in [6.45, 7) is 2.24. The summed E-state index contributed by atoms with van der Waals surface area (Å²) in [5.41, 5.74) is 0.916. The van der Waals surface area contributed by atoms with Crippen molar-refractivity contribution in [2.24, 2.45) is 0 Å². The van der Waals surface area contributed by atoms with Crippen molar-refractivity contribution in [2.45, 2.75) is 24.8 Å². The summed E-state index contributed by atoms with van der Waals surface area (Å²) in [4.78, 5) is 12.0. The zero-order chi connectivity index (χ0) is 14.4. The van der Waals surface area contributed by atoms with Gasteiger partial charge in [0.05, 0.1) is 18.6 Å². The first kappa shape index (κ1) is 18.4. The number of carbonyl (C=O) groups excluding carboxylic acids is 1. The number of rotatable bonds is 6. The number of nitrogens with one attached hydrogen (secondary N) is 2. The van der Waals surface area contributed by atoms with Gasteiger partial charge in [-0.3, -0.25) is 4.79 Å². The van der Waals surface area contributed by atoms with Crippen molar-refractivity contribution in [2.75, 3.05) is 26.8 Å². The highest BCUT2D eigenvalue weighted by atomic mass is 79.9. The monoisotopic (exact) mass is 376 g/mol. The number of carbonyl (C=O) groups is 1. The van der Waals surface area contributed by atoms with Crippen LogP contribution in [0.5, 0.6) is 0 Å². The molecule has 1 heterocycles. The molecule has 0 aromatic heterocycles. The molecular formula is C15H22BrClN2O2. The lowest BCUT2D eigenvalue weighted by atomic mass is 9.98. The predicted octanol–water partition coefficient (Wildman–Crippen LogP) is 2.30. The van der Waals surface area contributed by atoms with Gasteiger partial charge >= 0.3 is 0 Å². The Kier molecular flexibility index (Phi) is 7.66. The second-order valence-corrected chi connectivity index (χ2v) is 6.24. The third-order valence-corrected chi connectivity index (χ3v) is 4.12. The van der Waals surface area contributed by atoms with Gasteiger partial charge in [0.25, 0.3) is 0 Å². The molecule has 1 aliphatic rings. The third kappa shape index (κ3) is 5.58. The molecule has 6 heteroatoms. The van der Waals surface area contributed by atoms with Crippen molar-refractivity contribution in [3.8, 4) is 0 Å². The Morgan fingerprint density at radius 1 is 1.52 bits per heavy atom. The van der Waals surface area contributed by atoms with Crippen LogP contribution in [-0.4, -0.2) is 38.3 Å². The van der Waals surface area contributed by atoms with Gasteiger partial charge in [0.2, 0.25) is 5.91 Å². The van der Waals surface area contributed by atoms with E-state index in [-0.39, 0.29) is 23.9 Å². The number of hydrogen-bond donors (Lipinski definition) is 2. The van der Waals surface area contributed by atoms with Gasteiger partial charge in [-0.1, -0.05) is 28.1 Å². The summed E-state index contributed by atoms with van der Waals surface area (Å²) in [5.74, 6) is 0.0484. The number of benzene rings is 1. The topological polar surface area (TPSA) is 50.4 Å². The van der Waals surface area contributed by atoms with E-state index in [1.165, 1.54) is 0 Å². The van der Waals surface area contributed by atoms with Crippen LogP contribution in [0, 0.1) is 0 Å². The highest BCUT2D eigenvalue weighted by Crippen LogP contribution is 2.19. The van der Waals surface area contributed by atoms with Crippen LogP contribution >= 0.6 is 28.3 Å². The molecule has 1 aliphatic heterocycles. The van der Waals surface area contributed by atoms with Crippen molar-refractivity contribution < 1.29 is 9.53 Å². The quantitative estimate of drug-likeness (QED) is 0.800. The van der Waals surface area contributed by atoms with Crippen molar-refractivity contribution >= 4 is 34.2 Å². The highest BCUT2D eigenvalue weighted by molar-refractivity contribution is 9.10. The molecule has 0 bridgehead atoms. The van der Waals surface area contributed by atoms with Crippen LogP contribution in [0.3, 0.4) is 0 Å². The summed E-state index contributed by atoms with van der Waals surface area (Å²) in [6, 6.07) is 7.83. The summed E-state index contributed by atoms with van der Waals surface area (Å²) in [7, 11) is 1.70. The molecule has 0 spiro atoms. The number of hydrogen-bond acceptors (Lipinski definition) is 3. The third-order valence-electron chi connectivity index (χ3n) is 3.63. The van der Waals surface area contributed by atoms with Crippen LogP contribution in [0.4, 0.5) is 0 Å². The number of amides is 1. The number of ether oxygens (including phenoxy) is 1. The Labute approximate surface area is 140 Å². The van der Waals surface area contributed by atoms with Gasteiger partial charge in [-0.2, -0.15) is 0 Å². The Morgan fingerprint density at radius 3 is 2.95 bits per heavy atom. The Morgan fingerprint density at radius 2 is 2.33 bits per heavy atom. The summed E-state index contributed by atoms with van der Waals surface area (Å²) in [6.07, 6.45) is 2.57. The zero-order valence-electron chi connectivity index (χ0n) is 12.2. The standard InChI is InChI=1S/C15H21BrN2O2.ClH/c1-20-11-15(6-3-7-18-15)10-17-14(19)9-12-4-2-5-13(16)8-12;/h2,4-5,8,18H,3,6-7,9-11H2,1H3,(H,17,19);1H. The maximum atomic E-state index is 12.0. The van der Waals surface area contributed by atoms with Gasteiger partial charge < -0.3 is 15.4 Å². The minimum absolute atomic E-state index is 0. The maximum Gasteiger partial charge on any atom is 0.224 e. The predicted molar refractivity (Wildman–Crippen MR) is 89.9 cm³/mol. The normalized spacial score (nSPS) is 20.9. The minimum atomic E-state index is -0.0956. The smallest absolute Gasteiger partial charge is 0.224 e. The average molecular weight is 378 g/mol. The van der Waals surface area contributed by atoms with E-state index in [1.807, 2.05) is 24.3 Å². The van der Waals surface area contributed by atoms with Crippen molar-refractivity contribution in [1.82, 2.24) is 10.6 Å². The van der Waals surface area contributed by atoms with Crippen LogP contribution in [-0.2, 0) is 16.0 Å². The first-order chi connectivity index (χ1) is 9.63. The summed E-state index contributed by atoms with van der Waals surface area (Å²) in [5, 5.41) is 6.47. The first-order valence-corrected chi connectivity index (χ1v) is 7.68. The lowest BCUT2D eigenvalue weighted by Gasteiger charge is -2.29. The van der Waals surface area contributed by atoms with Gasteiger partial charge in [0.15, 0.2) is 0 Å². The zero-order valence-corrected chi connectivity index (χ0v) is 14.6. The molecule has 1 aromatic rings. The molecule has 0 radical (unpaired) electrons. The van der Waals surface area contributed by atoms with Crippen molar-refractivity contribution in [3.63, 3.8) is 0 Å². The second-order valence-electron chi connectivity index (χ2n) is 5.33. The maximum absolute atomic E-state index is 12.0. The molecule has 1 fully saturated rings. The van der Waals surface area contributed by atoms with Gasteiger partial charge in [-0.15, -0.1) is 12.4 Å². The van der Waals surface area contributed by atoms with E-state index in [0.717, 1.165) is 29.4 Å². The fourth-order valence-corrected chi connectivity index (χ4v) is 3.08. The van der Waals surface area contributed by atoms with Gasteiger partial charge in [0, 0.05) is 18.1 Å². The number of methoxy groups -OCH3 is 1. The fraction of sp³-hybridized carbons (Fsp3) is 0.533. The summed E-state index contributed by atoms with van der Waals surface area (Å²) >= 11 is 3.42. The number of halogens is 2. The molecular weight excluding hydrogens is 356 g/mol. The van der Waals surface area contributed by atoms with E-state index in [1.54, 1.807) is 7.11 Å². The lowest BCUT2D eigenvalue weighted by Crippen LogP contribution is -2.53. The molecule has 1 aromatic carbocycles. The summed E-state index contributed by atoms with van der Waals surface area (Å²) < 4.78 is 6.27. The van der Waals surface area contributed by atoms with E-state index in [9.17, 15) is 4.79 Å². The fourth-order valence-electron chi connectivity index (χ4n) is 2.63. The first-order valence-electron chi connectivity index (χ1n) is 6.89. The molecule has 2 rings (SSSR count). The van der Waals surface area contributed by atoms with E-state index in [0.29, 0.717) is 19.6 Å². The van der Waals surface area contributed by atoms with Gasteiger partial charge in [0.1, 0.15) is 0 Å². The van der Waals surface area contributed by atoms with Crippen LogP contribution in [0.15, 0.2) is 28.7 Å². The second kappa shape index (κ2) is 8.73. The molecule has 1 saturated heterocycles. The molecule has 1 amide bonds.